The molecule has 0 radical (unpaired) electrons. The van der Waals surface area contributed by atoms with E-state index in [0.29, 0.717) is 34.0 Å². The first-order valence-electron chi connectivity index (χ1n) is 7.63. The normalized spacial score (nSPS) is 14.5. The van der Waals surface area contributed by atoms with E-state index in [0.717, 1.165) is 0 Å². The second-order valence-corrected chi connectivity index (χ2v) is 6.11. The fourth-order valence-corrected chi connectivity index (χ4v) is 2.95. The van der Waals surface area contributed by atoms with Crippen molar-refractivity contribution in [1.29, 1.82) is 0 Å². The van der Waals surface area contributed by atoms with E-state index in [1.165, 1.54) is 6.20 Å². The van der Waals surface area contributed by atoms with Gasteiger partial charge in [0.05, 0.1) is 18.2 Å². The van der Waals surface area contributed by atoms with Crippen molar-refractivity contribution >= 4 is 17.5 Å². The summed E-state index contributed by atoms with van der Waals surface area (Å²) in [5.74, 6) is -0.0320. The molecule has 2 aromatic rings. The number of amides is 1. The highest BCUT2D eigenvalue weighted by Gasteiger charge is 2.34. The van der Waals surface area contributed by atoms with E-state index in [9.17, 15) is 13.6 Å². The molecule has 1 aliphatic rings. The lowest BCUT2D eigenvalue weighted by molar-refractivity contribution is -0.318. The molecule has 3 rings (SSSR count). The molecular formula is C17H15ClF2N3O2+. The molecule has 2 aromatic heterocycles. The second-order valence-electron chi connectivity index (χ2n) is 5.75. The largest absolute Gasteiger partial charge is 0.504 e. The van der Waals surface area contributed by atoms with Crippen molar-refractivity contribution in [1.82, 2.24) is 9.88 Å². The van der Waals surface area contributed by atoms with Crippen LogP contribution in [0.4, 0.5) is 8.78 Å². The van der Waals surface area contributed by atoms with Gasteiger partial charge in [-0.15, -0.1) is 0 Å². The molecule has 0 fully saturated rings. The first kappa shape index (κ1) is 17.4. The molecule has 130 valence electrons. The van der Waals surface area contributed by atoms with Crippen LogP contribution in [-0.2, 0) is 6.54 Å². The van der Waals surface area contributed by atoms with E-state index in [-0.39, 0.29) is 17.8 Å². The van der Waals surface area contributed by atoms with Gasteiger partial charge in [0.25, 0.3) is 12.3 Å². The number of carbonyl (C=O) groups excluding carboxylic acids is 1. The molecular weight excluding hydrogens is 352 g/mol. The van der Waals surface area contributed by atoms with Crippen LogP contribution in [0.25, 0.3) is 0 Å². The average molecular weight is 367 g/mol. The molecule has 0 bridgehead atoms. The molecule has 0 aromatic carbocycles. The minimum absolute atomic E-state index is 0.111. The Morgan fingerprint density at radius 1 is 1.52 bits per heavy atom. The van der Waals surface area contributed by atoms with Crippen LogP contribution in [0.2, 0.25) is 5.15 Å². The van der Waals surface area contributed by atoms with Gasteiger partial charge in [-0.25, -0.2) is 13.8 Å². The maximum absolute atomic E-state index is 12.6. The van der Waals surface area contributed by atoms with Crippen molar-refractivity contribution in [2.75, 3.05) is 6.61 Å². The van der Waals surface area contributed by atoms with Crippen LogP contribution in [0.3, 0.4) is 0 Å². The summed E-state index contributed by atoms with van der Waals surface area (Å²) in [5.41, 5.74) is 2.49. The zero-order valence-electron chi connectivity index (χ0n) is 13.6. The topological polar surface area (TPSA) is 56.5 Å². The number of halogens is 3. The third-order valence-electron chi connectivity index (χ3n) is 4.08. The van der Waals surface area contributed by atoms with Gasteiger partial charge in [-0.1, -0.05) is 11.6 Å². The van der Waals surface area contributed by atoms with Crippen molar-refractivity contribution in [3.63, 3.8) is 0 Å². The van der Waals surface area contributed by atoms with E-state index in [2.05, 4.69) is 16.2 Å². The number of rotatable bonds is 5. The molecule has 0 aliphatic carbocycles. The third-order valence-corrected chi connectivity index (χ3v) is 4.41. The lowest BCUT2D eigenvalue weighted by atomic mass is 10.1. The molecule has 0 saturated carbocycles. The molecule has 5 nitrogen and oxygen atoms in total. The van der Waals surface area contributed by atoms with Gasteiger partial charge in [0.15, 0.2) is 6.61 Å². The van der Waals surface area contributed by atoms with Crippen molar-refractivity contribution in [2.24, 2.45) is 0 Å². The molecule has 3 heterocycles. The Balaban J connectivity index is 1.80. The lowest BCUT2D eigenvalue weighted by Crippen LogP contribution is -2.27. The fraction of sp³-hybridized carbons (Fsp3) is 0.353. The Labute approximate surface area is 148 Å². The number of pyridine rings is 1. The molecule has 8 heteroatoms. The highest BCUT2D eigenvalue weighted by molar-refractivity contribution is 6.30. The van der Waals surface area contributed by atoms with Crippen LogP contribution < -0.4 is 9.72 Å². The first-order valence-corrected chi connectivity index (χ1v) is 8.00. The molecule has 1 unspecified atom stereocenters. The van der Waals surface area contributed by atoms with E-state index in [1.54, 1.807) is 24.0 Å². The van der Waals surface area contributed by atoms with E-state index in [4.69, 9.17) is 16.3 Å². The molecule has 0 spiro atoms. The highest BCUT2D eigenvalue weighted by atomic mass is 35.5. The van der Waals surface area contributed by atoms with Crippen LogP contribution in [-0.4, -0.2) is 28.8 Å². The van der Waals surface area contributed by atoms with Crippen LogP contribution in [0.5, 0.6) is 5.88 Å². The Hall–Kier alpha value is -2.46. The second kappa shape index (κ2) is 6.81. The smallest absolute Gasteiger partial charge is 0.425 e. The summed E-state index contributed by atoms with van der Waals surface area (Å²) >= 11 is 6.07. The summed E-state index contributed by atoms with van der Waals surface area (Å²) in [6, 6.07) is 3.06. The van der Waals surface area contributed by atoms with Gasteiger partial charge in [-0.05, 0) is 26.0 Å². The van der Waals surface area contributed by atoms with Crippen molar-refractivity contribution in [3.8, 4) is 5.88 Å². The van der Waals surface area contributed by atoms with Crippen LogP contribution >= 0.6 is 11.6 Å². The summed E-state index contributed by atoms with van der Waals surface area (Å²) in [4.78, 5) is 22.2. The molecule has 25 heavy (non-hydrogen) atoms. The Morgan fingerprint density at radius 2 is 2.28 bits per heavy atom. The van der Waals surface area contributed by atoms with Crippen LogP contribution in [0, 0.1) is 13.1 Å². The molecule has 0 saturated heterocycles. The Morgan fingerprint density at radius 3 is 2.92 bits per heavy atom. The van der Waals surface area contributed by atoms with Gasteiger partial charge in [0, 0.05) is 22.3 Å². The van der Waals surface area contributed by atoms with Crippen molar-refractivity contribution < 1.29 is 23.3 Å². The quantitative estimate of drug-likeness (QED) is 0.763. The number of aromatic nitrogens is 2. The zero-order valence-corrected chi connectivity index (χ0v) is 14.3. The molecule has 1 amide bonds. The molecule has 1 aliphatic heterocycles. The van der Waals surface area contributed by atoms with Gasteiger partial charge in [0.2, 0.25) is 0 Å². The number of aryl methyl sites for hydroxylation is 1. The molecule has 0 N–H and O–H groups in total. The number of carbonyl (C=O) groups is 1. The first-order chi connectivity index (χ1) is 11.9. The van der Waals surface area contributed by atoms with Gasteiger partial charge in [-0.2, -0.15) is 0 Å². The Kier molecular flexibility index (Phi) is 4.73. The predicted molar refractivity (Wildman–Crippen MR) is 84.6 cm³/mol. The number of nitrogens with zero attached hydrogens (tertiary/aromatic N) is 3. The SMILES string of the molecule is Cc1cc(C(C)N2Cc3c(ccnc3Cl)C2=O)c#[n+]c1OCC(F)F. The monoisotopic (exact) mass is 366 g/mol. The van der Waals surface area contributed by atoms with E-state index in [1.807, 2.05) is 6.92 Å². The summed E-state index contributed by atoms with van der Waals surface area (Å²) in [6.45, 7) is 3.18. The van der Waals surface area contributed by atoms with Crippen LogP contribution in [0.15, 0.2) is 18.3 Å². The van der Waals surface area contributed by atoms with Crippen LogP contribution in [0.1, 0.15) is 40.0 Å². The van der Waals surface area contributed by atoms with E-state index < -0.39 is 13.0 Å². The summed E-state index contributed by atoms with van der Waals surface area (Å²) in [5, 5.41) is 0.314. The number of hydrogen-bond acceptors (Lipinski definition) is 3. The minimum Gasteiger partial charge on any atom is -0.425 e. The number of fused-ring (bicyclic) bond motifs is 1. The summed E-state index contributed by atoms with van der Waals surface area (Å²) in [6.07, 6.45) is 1.71. The lowest BCUT2D eigenvalue weighted by Gasteiger charge is -2.22. The summed E-state index contributed by atoms with van der Waals surface area (Å²) < 4.78 is 29.4. The predicted octanol–water partition coefficient (Wildman–Crippen LogP) is 2.80. The maximum Gasteiger partial charge on any atom is 0.504 e. The number of ether oxygens (including phenoxy) is 1. The third kappa shape index (κ3) is 3.35. The molecule has 1 atom stereocenters. The van der Waals surface area contributed by atoms with Gasteiger partial charge in [-0.3, -0.25) is 4.79 Å². The fourth-order valence-electron chi connectivity index (χ4n) is 2.73. The zero-order chi connectivity index (χ0) is 18.1. The van der Waals surface area contributed by atoms with E-state index >= 15 is 0 Å². The maximum atomic E-state index is 12.6. The summed E-state index contributed by atoms with van der Waals surface area (Å²) in [7, 11) is 0. The highest BCUT2D eigenvalue weighted by Crippen LogP contribution is 2.33. The number of hydrogen-bond donors (Lipinski definition) is 0. The Bertz CT molecular complexity index is 816. The minimum atomic E-state index is -2.57. The van der Waals surface area contributed by atoms with Gasteiger partial charge < -0.3 is 9.64 Å². The standard InChI is InChI=1S/C17H15ClF2N3O2/c1-9-5-11(6-22-16(9)25-8-14(19)20)10(2)23-7-13-12(17(23)24)3-4-21-15(13)18/h3-5,10,14H,7-8H2,1-2H3/q+1. The van der Waals surface area contributed by atoms with Crippen molar-refractivity contribution in [3.05, 3.63) is 51.9 Å². The number of alkyl halides is 2. The average Bonchev–Trinajstić information content (AvgIpc) is 2.91. The van der Waals surface area contributed by atoms with Gasteiger partial charge >= 0.3 is 12.1 Å². The van der Waals surface area contributed by atoms with Gasteiger partial charge in [0.1, 0.15) is 10.7 Å². The van der Waals surface area contributed by atoms with Crippen molar-refractivity contribution in [2.45, 2.75) is 32.9 Å².